The van der Waals surface area contributed by atoms with Crippen LogP contribution in [0.5, 0.6) is 0 Å². The molecule has 1 unspecified atom stereocenters. The maximum absolute atomic E-state index is 14.5. The lowest BCUT2D eigenvalue weighted by Gasteiger charge is -2.39. The Morgan fingerprint density at radius 3 is 2.03 bits per heavy atom. The lowest BCUT2D eigenvalue weighted by atomic mass is 9.67. The normalized spacial score (nSPS) is 27.7. The Morgan fingerprint density at radius 1 is 1.00 bits per heavy atom. The summed E-state index contributed by atoms with van der Waals surface area (Å²) in [4.78, 5) is 0. The van der Waals surface area contributed by atoms with Crippen molar-refractivity contribution in [3.63, 3.8) is 0 Å². The fourth-order valence-corrected chi connectivity index (χ4v) is 6.00. The van der Waals surface area contributed by atoms with Crippen LogP contribution >= 0.6 is 0 Å². The quantitative estimate of drug-likeness (QED) is 0.461. The third-order valence-electron chi connectivity index (χ3n) is 7.66. The minimum absolute atomic E-state index is 0.302. The minimum Gasteiger partial charge on any atom is -0.384 e. The van der Waals surface area contributed by atoms with E-state index in [1.54, 1.807) is 0 Å². The summed E-state index contributed by atoms with van der Waals surface area (Å²) in [6.07, 6.45) is 12.2. The van der Waals surface area contributed by atoms with Gasteiger partial charge in [-0.25, -0.2) is 4.39 Å². The Balaban J connectivity index is 0.00000155. The fraction of sp³-hybridized carbons (Fsp3) is 0.714. The number of benzene rings is 1. The molecular formula is C28H45FO. The first kappa shape index (κ1) is 25.1. The third kappa shape index (κ3) is 6.19. The summed E-state index contributed by atoms with van der Waals surface area (Å²) in [5, 5.41) is 10.8. The van der Waals surface area contributed by atoms with Crippen molar-refractivity contribution in [2.24, 2.45) is 23.7 Å². The van der Waals surface area contributed by atoms with Crippen LogP contribution in [0.2, 0.25) is 0 Å². The van der Waals surface area contributed by atoms with Crippen molar-refractivity contribution in [2.45, 2.75) is 105 Å². The Labute approximate surface area is 185 Å². The summed E-state index contributed by atoms with van der Waals surface area (Å²) in [5.41, 5.74) is 2.96. The lowest BCUT2D eigenvalue weighted by Crippen LogP contribution is -2.27. The Morgan fingerprint density at radius 2 is 1.53 bits per heavy atom. The molecule has 170 valence electrons. The largest absolute Gasteiger partial charge is 0.384 e. The first-order valence-electron chi connectivity index (χ1n) is 12.5. The number of aliphatic hydroxyl groups excluding tert-OH is 1. The second kappa shape index (κ2) is 12.0. The van der Waals surface area contributed by atoms with Crippen LogP contribution < -0.4 is 0 Å². The zero-order valence-electron chi connectivity index (χ0n) is 20.1. The van der Waals surface area contributed by atoms with E-state index in [2.05, 4.69) is 13.5 Å². The third-order valence-corrected chi connectivity index (χ3v) is 7.66. The Kier molecular flexibility index (Phi) is 10.1. The molecule has 0 spiro atoms. The molecule has 0 radical (unpaired) electrons. The zero-order chi connectivity index (χ0) is 22.3. The molecule has 30 heavy (non-hydrogen) atoms. The number of aliphatic hydroxyl groups is 1. The molecule has 1 N–H and O–H groups in total. The highest BCUT2D eigenvalue weighted by Crippen LogP contribution is 2.45. The molecule has 2 saturated carbocycles. The van der Waals surface area contributed by atoms with E-state index >= 15 is 0 Å². The Hall–Kier alpha value is -1.15. The highest BCUT2D eigenvalue weighted by Gasteiger charge is 2.33. The van der Waals surface area contributed by atoms with Crippen molar-refractivity contribution in [1.82, 2.24) is 0 Å². The Bertz CT molecular complexity index is 640. The number of rotatable bonds is 6. The minimum atomic E-state index is -0.883. The summed E-state index contributed by atoms with van der Waals surface area (Å²) in [6.45, 7) is 14.3. The lowest BCUT2D eigenvalue weighted by molar-refractivity contribution is 0.136. The molecule has 1 aromatic carbocycles. The molecule has 0 heterocycles. The number of halogens is 1. The van der Waals surface area contributed by atoms with Crippen molar-refractivity contribution in [2.75, 3.05) is 0 Å². The predicted molar refractivity (Wildman–Crippen MR) is 127 cm³/mol. The van der Waals surface area contributed by atoms with Crippen molar-refractivity contribution < 1.29 is 9.50 Å². The highest BCUT2D eigenvalue weighted by atomic mass is 19.1. The maximum Gasteiger partial charge on any atom is 0.129 e. The molecule has 3 rings (SSSR count). The van der Waals surface area contributed by atoms with Crippen LogP contribution in [0, 0.1) is 43.3 Å². The topological polar surface area (TPSA) is 20.2 Å². The van der Waals surface area contributed by atoms with E-state index in [1.807, 2.05) is 33.8 Å². The average molecular weight is 417 g/mol. The second-order valence-electron chi connectivity index (χ2n) is 9.64. The molecule has 2 aliphatic rings. The molecule has 2 heteroatoms. The van der Waals surface area contributed by atoms with Gasteiger partial charge in [-0.05, 0) is 98.8 Å². The maximum atomic E-state index is 14.5. The number of hydrogen-bond acceptors (Lipinski definition) is 1. The molecule has 0 amide bonds. The van der Waals surface area contributed by atoms with E-state index in [4.69, 9.17) is 0 Å². The molecule has 1 aromatic rings. The second-order valence-corrected chi connectivity index (χ2v) is 9.64. The van der Waals surface area contributed by atoms with Crippen LogP contribution in [0.15, 0.2) is 24.3 Å². The fourth-order valence-electron chi connectivity index (χ4n) is 6.00. The van der Waals surface area contributed by atoms with Gasteiger partial charge in [0.2, 0.25) is 0 Å². The smallest absolute Gasteiger partial charge is 0.129 e. The van der Waals surface area contributed by atoms with Gasteiger partial charge in [0.25, 0.3) is 0 Å². The van der Waals surface area contributed by atoms with Gasteiger partial charge in [-0.3, -0.25) is 0 Å². The molecule has 1 nitrogen and oxygen atoms in total. The van der Waals surface area contributed by atoms with Gasteiger partial charge in [0.05, 0.1) is 0 Å². The van der Waals surface area contributed by atoms with Crippen LogP contribution in [-0.2, 0) is 0 Å². The van der Waals surface area contributed by atoms with Gasteiger partial charge in [-0.2, -0.15) is 0 Å². The van der Waals surface area contributed by atoms with Crippen molar-refractivity contribution >= 4 is 0 Å². The summed E-state index contributed by atoms with van der Waals surface area (Å²) in [5.74, 6) is 2.75. The molecule has 2 aliphatic carbocycles. The van der Waals surface area contributed by atoms with Gasteiger partial charge >= 0.3 is 0 Å². The van der Waals surface area contributed by atoms with Crippen LogP contribution in [-0.4, -0.2) is 5.11 Å². The van der Waals surface area contributed by atoms with Crippen LogP contribution in [0.4, 0.5) is 4.39 Å². The monoisotopic (exact) mass is 416 g/mol. The van der Waals surface area contributed by atoms with Crippen LogP contribution in [0.1, 0.15) is 108 Å². The van der Waals surface area contributed by atoms with Crippen LogP contribution in [0.25, 0.3) is 0 Å². The number of hydrogen-bond donors (Lipinski definition) is 1. The highest BCUT2D eigenvalue weighted by molar-refractivity contribution is 5.37. The van der Waals surface area contributed by atoms with E-state index < -0.39 is 6.10 Å². The first-order chi connectivity index (χ1) is 14.4. The molecule has 0 aromatic heterocycles. The summed E-state index contributed by atoms with van der Waals surface area (Å²) < 4.78 is 14.5. The molecule has 1 atom stereocenters. The molecule has 0 saturated heterocycles. The van der Waals surface area contributed by atoms with Gasteiger partial charge in [-0.15, -0.1) is 0 Å². The average Bonchev–Trinajstić information content (AvgIpc) is 2.75. The SMILES string of the molecule is C=C(C1CCC(C2CCC(CCC)CC2)CC1)C(O)c1c(C)cc(C)cc1F.CC. The molecule has 0 aliphatic heterocycles. The van der Waals surface area contributed by atoms with E-state index in [0.717, 1.165) is 47.3 Å². The number of aryl methyl sites for hydroxylation is 2. The van der Waals surface area contributed by atoms with E-state index in [9.17, 15) is 9.50 Å². The molecule has 2 fully saturated rings. The van der Waals surface area contributed by atoms with Gasteiger partial charge in [-0.1, -0.05) is 59.1 Å². The summed E-state index contributed by atoms with van der Waals surface area (Å²) in [7, 11) is 0. The molecular weight excluding hydrogens is 371 g/mol. The summed E-state index contributed by atoms with van der Waals surface area (Å²) >= 11 is 0. The standard InChI is InChI=1S/C26H39FO.C2H6/c1-5-6-20-7-9-22(10-8-20)23-13-11-21(12-14-23)19(4)26(28)25-18(3)15-17(2)16-24(25)27;1-2/h15-16,20-23,26,28H,4-14H2,1-3H3;1-2H3. The van der Waals surface area contributed by atoms with Gasteiger partial charge < -0.3 is 5.11 Å². The first-order valence-corrected chi connectivity index (χ1v) is 12.5. The summed E-state index contributed by atoms with van der Waals surface area (Å²) in [6, 6.07) is 3.46. The van der Waals surface area contributed by atoms with Crippen molar-refractivity contribution in [3.8, 4) is 0 Å². The van der Waals surface area contributed by atoms with E-state index in [-0.39, 0.29) is 5.82 Å². The van der Waals surface area contributed by atoms with Gasteiger partial charge in [0.15, 0.2) is 0 Å². The predicted octanol–water partition coefficient (Wildman–Crippen LogP) is 8.47. The zero-order valence-corrected chi connectivity index (χ0v) is 20.1. The van der Waals surface area contributed by atoms with Crippen molar-refractivity contribution in [1.29, 1.82) is 0 Å². The van der Waals surface area contributed by atoms with E-state index in [1.165, 1.54) is 57.4 Å². The van der Waals surface area contributed by atoms with Crippen molar-refractivity contribution in [3.05, 3.63) is 46.8 Å². The van der Waals surface area contributed by atoms with Gasteiger partial charge in [0, 0.05) is 5.56 Å². The molecule has 0 bridgehead atoms. The van der Waals surface area contributed by atoms with Gasteiger partial charge in [0.1, 0.15) is 11.9 Å². The van der Waals surface area contributed by atoms with E-state index in [0.29, 0.717) is 11.5 Å². The van der Waals surface area contributed by atoms with Crippen LogP contribution in [0.3, 0.4) is 0 Å².